The van der Waals surface area contributed by atoms with Gasteiger partial charge < -0.3 is 4.74 Å². The average Bonchev–Trinajstić information content (AvgIpc) is 2.31. The highest BCUT2D eigenvalue weighted by atomic mass is 127. The third-order valence-corrected chi connectivity index (χ3v) is 4.00. The number of carbonyl (C=O) groups excluding carboxylic acids is 1. The zero-order valence-corrected chi connectivity index (χ0v) is 12.8. The molecule has 96 valence electrons. The summed E-state index contributed by atoms with van der Waals surface area (Å²) in [6, 6.07) is 0. The summed E-state index contributed by atoms with van der Waals surface area (Å²) in [4.78, 5) is 11.3. The molecule has 3 heteroatoms. The first-order chi connectivity index (χ1) is 7.72. The number of carbonyl (C=O) groups is 1. The van der Waals surface area contributed by atoms with Gasteiger partial charge in [0.05, 0.1) is 6.61 Å². The number of hydrogen-bond acceptors (Lipinski definition) is 2. The van der Waals surface area contributed by atoms with Crippen molar-refractivity contribution in [1.82, 2.24) is 0 Å². The maximum atomic E-state index is 11.3. The molecule has 0 spiro atoms. The van der Waals surface area contributed by atoms with Crippen molar-refractivity contribution in [3.63, 3.8) is 0 Å². The molecule has 0 saturated heterocycles. The van der Waals surface area contributed by atoms with Crippen LogP contribution in [0.15, 0.2) is 0 Å². The molecule has 0 aliphatic carbocycles. The Kier molecular flexibility index (Phi) is 11.8. The molecule has 1 atom stereocenters. The lowest BCUT2D eigenvalue weighted by Crippen LogP contribution is -2.16. The van der Waals surface area contributed by atoms with E-state index in [-0.39, 0.29) is 9.89 Å². The predicted molar refractivity (Wildman–Crippen MR) is 77.1 cm³/mol. The molecule has 2 nitrogen and oxygen atoms in total. The minimum absolute atomic E-state index is 0.0298. The topological polar surface area (TPSA) is 26.3 Å². The molecular weight excluding hydrogens is 315 g/mol. The number of esters is 1. The highest BCUT2D eigenvalue weighted by Crippen LogP contribution is 2.09. The Bertz CT molecular complexity index is 171. The maximum absolute atomic E-state index is 11.3. The van der Waals surface area contributed by atoms with Crippen molar-refractivity contribution < 1.29 is 9.53 Å². The van der Waals surface area contributed by atoms with Gasteiger partial charge in [0.15, 0.2) is 0 Å². The van der Waals surface area contributed by atoms with E-state index in [2.05, 4.69) is 29.5 Å². The van der Waals surface area contributed by atoms with E-state index in [1.165, 1.54) is 38.5 Å². The van der Waals surface area contributed by atoms with Crippen LogP contribution in [-0.4, -0.2) is 16.5 Å². The lowest BCUT2D eigenvalue weighted by molar-refractivity contribution is -0.142. The highest BCUT2D eigenvalue weighted by molar-refractivity contribution is 14.1. The monoisotopic (exact) mass is 340 g/mol. The zero-order chi connectivity index (χ0) is 12.2. The van der Waals surface area contributed by atoms with E-state index >= 15 is 0 Å². The van der Waals surface area contributed by atoms with Crippen LogP contribution >= 0.6 is 22.6 Å². The van der Waals surface area contributed by atoms with E-state index in [0.717, 1.165) is 12.8 Å². The molecule has 0 aliphatic rings. The first kappa shape index (κ1) is 16.2. The lowest BCUT2D eigenvalue weighted by atomic mass is 10.1. The summed E-state index contributed by atoms with van der Waals surface area (Å²) < 4.78 is 5.21. The Balaban J connectivity index is 3.18. The van der Waals surface area contributed by atoms with Crippen molar-refractivity contribution in [2.75, 3.05) is 6.61 Å². The van der Waals surface area contributed by atoms with Crippen LogP contribution in [0.2, 0.25) is 0 Å². The number of rotatable bonds is 10. The molecule has 0 aromatic carbocycles. The van der Waals surface area contributed by atoms with E-state index in [9.17, 15) is 4.79 Å². The summed E-state index contributed by atoms with van der Waals surface area (Å²) >= 11 is 2.14. The number of ether oxygens (including phenoxy) is 1. The zero-order valence-electron chi connectivity index (χ0n) is 10.6. The fraction of sp³-hybridized carbons (Fsp3) is 0.923. The number of hydrogen-bond donors (Lipinski definition) is 0. The minimum Gasteiger partial charge on any atom is -0.465 e. The second-order valence-corrected chi connectivity index (χ2v) is 5.67. The second kappa shape index (κ2) is 11.7. The van der Waals surface area contributed by atoms with Crippen LogP contribution in [0.3, 0.4) is 0 Å². The molecule has 1 unspecified atom stereocenters. The molecular formula is C13H25IO2. The smallest absolute Gasteiger partial charge is 0.318 e. The Labute approximate surface area is 114 Å². The fourth-order valence-corrected chi connectivity index (χ4v) is 1.67. The average molecular weight is 340 g/mol. The SMILES string of the molecule is CCCCCCCCCOC(=O)C(I)CC. The van der Waals surface area contributed by atoms with Crippen LogP contribution in [0.4, 0.5) is 0 Å². The minimum atomic E-state index is -0.0471. The van der Waals surface area contributed by atoms with E-state index in [1.54, 1.807) is 0 Å². The Morgan fingerprint density at radius 3 is 2.19 bits per heavy atom. The van der Waals surface area contributed by atoms with Crippen LogP contribution in [-0.2, 0) is 9.53 Å². The number of halogens is 1. The van der Waals surface area contributed by atoms with Crippen molar-refractivity contribution in [2.24, 2.45) is 0 Å². The Hall–Kier alpha value is 0.200. The Morgan fingerprint density at radius 1 is 1.06 bits per heavy atom. The van der Waals surface area contributed by atoms with Crippen molar-refractivity contribution in [2.45, 2.75) is 69.1 Å². The largest absolute Gasteiger partial charge is 0.465 e. The van der Waals surface area contributed by atoms with Gasteiger partial charge in [-0.15, -0.1) is 0 Å². The van der Waals surface area contributed by atoms with E-state index < -0.39 is 0 Å². The molecule has 0 fully saturated rings. The van der Waals surface area contributed by atoms with Crippen molar-refractivity contribution in [3.05, 3.63) is 0 Å². The van der Waals surface area contributed by atoms with Gasteiger partial charge in [-0.2, -0.15) is 0 Å². The molecule has 0 heterocycles. The van der Waals surface area contributed by atoms with Crippen LogP contribution in [0.25, 0.3) is 0 Å². The Morgan fingerprint density at radius 2 is 1.62 bits per heavy atom. The van der Waals surface area contributed by atoms with Gasteiger partial charge in [0.25, 0.3) is 0 Å². The number of unbranched alkanes of at least 4 members (excludes halogenated alkanes) is 6. The van der Waals surface area contributed by atoms with Gasteiger partial charge in [0.1, 0.15) is 3.92 Å². The first-order valence-electron chi connectivity index (χ1n) is 6.53. The third kappa shape index (κ3) is 9.43. The molecule has 0 radical (unpaired) electrons. The second-order valence-electron chi connectivity index (χ2n) is 4.16. The van der Waals surface area contributed by atoms with Crippen LogP contribution in [0, 0.1) is 0 Å². The van der Waals surface area contributed by atoms with Crippen LogP contribution < -0.4 is 0 Å². The maximum Gasteiger partial charge on any atom is 0.318 e. The molecule has 0 amide bonds. The molecule has 0 rings (SSSR count). The van der Waals surface area contributed by atoms with Gasteiger partial charge >= 0.3 is 5.97 Å². The molecule has 0 aliphatic heterocycles. The molecule has 16 heavy (non-hydrogen) atoms. The molecule has 0 aromatic rings. The fourth-order valence-electron chi connectivity index (χ4n) is 1.49. The van der Waals surface area contributed by atoms with Crippen molar-refractivity contribution in [3.8, 4) is 0 Å². The number of alkyl halides is 1. The summed E-state index contributed by atoms with van der Waals surface area (Å²) in [5.74, 6) is -0.0471. The van der Waals surface area contributed by atoms with Crippen molar-refractivity contribution >= 4 is 28.6 Å². The van der Waals surface area contributed by atoms with Gasteiger partial charge in [-0.05, 0) is 12.8 Å². The molecule has 0 N–H and O–H groups in total. The molecule has 0 aromatic heterocycles. The highest BCUT2D eigenvalue weighted by Gasteiger charge is 2.12. The van der Waals surface area contributed by atoms with E-state index in [1.807, 2.05) is 6.92 Å². The molecule has 0 saturated carbocycles. The van der Waals surface area contributed by atoms with Crippen LogP contribution in [0.1, 0.15) is 65.2 Å². The normalized spacial score (nSPS) is 12.4. The first-order valence-corrected chi connectivity index (χ1v) is 7.77. The summed E-state index contributed by atoms with van der Waals surface area (Å²) in [6.07, 6.45) is 9.66. The van der Waals surface area contributed by atoms with Gasteiger partial charge in [0.2, 0.25) is 0 Å². The van der Waals surface area contributed by atoms with Gasteiger partial charge in [0, 0.05) is 0 Å². The summed E-state index contributed by atoms with van der Waals surface area (Å²) in [7, 11) is 0. The van der Waals surface area contributed by atoms with Gasteiger partial charge in [-0.3, -0.25) is 4.79 Å². The van der Waals surface area contributed by atoms with Crippen LogP contribution in [0.5, 0.6) is 0 Å². The molecule has 0 bridgehead atoms. The quantitative estimate of drug-likeness (QED) is 0.253. The summed E-state index contributed by atoms with van der Waals surface area (Å²) in [5.41, 5.74) is 0. The standard InChI is InChI=1S/C13H25IO2/c1-3-5-6-7-8-9-10-11-16-13(15)12(14)4-2/h12H,3-11H2,1-2H3. The van der Waals surface area contributed by atoms with E-state index in [0.29, 0.717) is 6.61 Å². The summed E-state index contributed by atoms with van der Waals surface area (Å²) in [6.45, 7) is 4.84. The lowest BCUT2D eigenvalue weighted by Gasteiger charge is -2.07. The third-order valence-electron chi connectivity index (χ3n) is 2.61. The summed E-state index contributed by atoms with van der Waals surface area (Å²) in [5, 5.41) is 0. The predicted octanol–water partition coefficient (Wildman–Crippen LogP) is 4.49. The van der Waals surface area contributed by atoms with Crippen molar-refractivity contribution in [1.29, 1.82) is 0 Å². The van der Waals surface area contributed by atoms with Gasteiger partial charge in [-0.1, -0.05) is 75.0 Å². The van der Waals surface area contributed by atoms with Gasteiger partial charge in [-0.25, -0.2) is 0 Å². The van der Waals surface area contributed by atoms with E-state index in [4.69, 9.17) is 4.74 Å².